The number of aldehydes is 1. The van der Waals surface area contributed by atoms with Gasteiger partial charge in [0.15, 0.2) is 24.3 Å². The Labute approximate surface area is 445 Å². The minimum Gasteiger partial charge on any atom is -0.462 e. The Morgan fingerprint density at radius 2 is 1.71 bits per heavy atom. The molecule has 1 aromatic heterocycles. The largest absolute Gasteiger partial charge is 0.462 e. The van der Waals surface area contributed by atoms with Crippen molar-refractivity contribution in [2.75, 3.05) is 41.3 Å². The predicted molar refractivity (Wildman–Crippen MR) is 275 cm³/mol. The van der Waals surface area contributed by atoms with Crippen LogP contribution in [-0.2, 0) is 66.6 Å². The summed E-state index contributed by atoms with van der Waals surface area (Å²) in [6, 6.07) is 5.34. The number of aromatic nitrogens is 1. The lowest BCUT2D eigenvalue weighted by atomic mass is 9.82. The van der Waals surface area contributed by atoms with Crippen molar-refractivity contribution in [3.63, 3.8) is 0 Å². The van der Waals surface area contributed by atoms with Crippen LogP contribution < -0.4 is 0 Å². The molecule has 16 atom stereocenters. The van der Waals surface area contributed by atoms with Gasteiger partial charge in [0.05, 0.1) is 47.3 Å². The van der Waals surface area contributed by atoms with Crippen molar-refractivity contribution in [3.8, 4) is 0 Å². The summed E-state index contributed by atoms with van der Waals surface area (Å²) < 4.78 is 56.0. The number of hydrogen-bond acceptors (Lipinski definition) is 21. The first-order valence-corrected chi connectivity index (χ1v) is 26.3. The van der Waals surface area contributed by atoms with Crippen LogP contribution in [0.25, 0.3) is 17.0 Å². The van der Waals surface area contributed by atoms with Gasteiger partial charge in [0, 0.05) is 76.4 Å². The number of cyclic esters (lactones) is 1. The first-order valence-electron chi connectivity index (χ1n) is 26.3. The van der Waals surface area contributed by atoms with Crippen molar-refractivity contribution in [2.45, 2.75) is 192 Å². The van der Waals surface area contributed by atoms with Crippen molar-refractivity contribution in [1.82, 2.24) is 14.8 Å². The normalized spacial score (nSPS) is 33.6. The van der Waals surface area contributed by atoms with Crippen LogP contribution in [0, 0.1) is 22.0 Å². The molecule has 3 saturated heterocycles. The number of non-ortho nitro benzene ring substituents is 1. The standard InChI is InChI=1S/C54H80N4O18/c1-12-43(62)72-42-27-45(64)71-39(17-14-16-35-25-37-26-38(58(66)67)19-20-40(37)55-29-35)18-15-22-57(10)30-41(61)31(3)24-36(21-23-59)50(51(42)68-11)75-53-48(65)47(56(8)9)49(32(4)70-53)74-46-28-54(7,76-34(6)60)52(33(5)69-46)73-44(63)13-2/h14,16,19-20,23,25-26,29,31-33,36,39,41-42,46-53,61,65H,12-13,15,17-18,21-22,24,27-28,30H2,1-11H3/t31-,32?,33?,36+,39+,41+,42-,46+,47?,48?,49-,50+,51+,52+,53+,54?/m1/s1. The van der Waals surface area contributed by atoms with E-state index in [1.54, 1.807) is 78.0 Å². The highest BCUT2D eigenvalue weighted by molar-refractivity contribution is 5.83. The fourth-order valence-electron chi connectivity index (χ4n) is 10.5. The Kier molecular flexibility index (Phi) is 23.2. The molecular weight excluding hydrogens is 993 g/mol. The fourth-order valence-corrected chi connectivity index (χ4v) is 10.5. The summed E-state index contributed by atoms with van der Waals surface area (Å²) in [5.74, 6) is -3.66. The number of aliphatic hydroxyl groups is 2. The molecule has 22 heteroatoms. The molecule has 3 aliphatic heterocycles. The lowest BCUT2D eigenvalue weighted by molar-refractivity contribution is -0.384. The Balaban J connectivity index is 1.46. The molecule has 0 aliphatic carbocycles. The van der Waals surface area contributed by atoms with Gasteiger partial charge in [-0.15, -0.1) is 0 Å². The molecule has 0 saturated carbocycles. The van der Waals surface area contributed by atoms with Crippen LogP contribution in [-0.4, -0.2) is 187 Å². The van der Waals surface area contributed by atoms with E-state index in [0.29, 0.717) is 42.1 Å². The lowest BCUT2D eigenvalue weighted by Gasteiger charge is -2.50. The van der Waals surface area contributed by atoms with E-state index >= 15 is 0 Å². The van der Waals surface area contributed by atoms with Gasteiger partial charge in [-0.3, -0.25) is 34.3 Å². The predicted octanol–water partition coefficient (Wildman–Crippen LogP) is 5.09. The summed E-state index contributed by atoms with van der Waals surface area (Å²) >= 11 is 0. The van der Waals surface area contributed by atoms with Gasteiger partial charge in [0.2, 0.25) is 0 Å². The number of likely N-dealkylation sites (N-methyl/N-ethyl adjacent to an activating group) is 2. The van der Waals surface area contributed by atoms with Gasteiger partial charge in [-0.2, -0.15) is 0 Å². The molecule has 0 radical (unpaired) electrons. The molecule has 424 valence electrons. The Hall–Kier alpha value is -5.04. The number of nitro benzene ring substituents is 1. The minimum absolute atomic E-state index is 0.0421. The summed E-state index contributed by atoms with van der Waals surface area (Å²) in [5.41, 5.74) is -0.155. The van der Waals surface area contributed by atoms with E-state index in [-0.39, 0.29) is 50.8 Å². The fraction of sp³-hybridized carbons (Fsp3) is 0.704. The highest BCUT2D eigenvalue weighted by atomic mass is 16.7. The molecule has 4 heterocycles. The van der Waals surface area contributed by atoms with Gasteiger partial charge >= 0.3 is 23.9 Å². The number of β-amino-alcohol motifs (C(OH)–C–C–N with tert-alkyl or cyclic N) is 1. The number of pyridine rings is 1. The molecule has 3 aliphatic rings. The highest BCUT2D eigenvalue weighted by Crippen LogP contribution is 2.39. The average Bonchev–Trinajstić information content (AvgIpc) is 3.34. The molecule has 0 spiro atoms. The second-order valence-corrected chi connectivity index (χ2v) is 20.8. The zero-order chi connectivity index (χ0) is 56.0. The van der Waals surface area contributed by atoms with Crippen molar-refractivity contribution in [1.29, 1.82) is 0 Å². The maximum Gasteiger partial charge on any atom is 0.309 e. The molecule has 2 aromatic rings. The van der Waals surface area contributed by atoms with Crippen molar-refractivity contribution in [3.05, 3.63) is 52.2 Å². The van der Waals surface area contributed by atoms with Gasteiger partial charge < -0.3 is 67.4 Å². The molecule has 0 amide bonds. The van der Waals surface area contributed by atoms with E-state index < -0.39 is 132 Å². The van der Waals surface area contributed by atoms with E-state index in [0.717, 1.165) is 0 Å². The second-order valence-electron chi connectivity index (χ2n) is 20.8. The summed E-state index contributed by atoms with van der Waals surface area (Å²) in [6.45, 7) is 12.2. The third kappa shape index (κ3) is 16.7. The average molecular weight is 1070 g/mol. The van der Waals surface area contributed by atoms with E-state index in [1.165, 1.54) is 26.2 Å². The number of carbonyl (C=O) groups is 5. The van der Waals surface area contributed by atoms with Gasteiger partial charge in [0.25, 0.3) is 5.69 Å². The van der Waals surface area contributed by atoms with Gasteiger partial charge in [-0.25, -0.2) is 0 Å². The number of nitrogens with zero attached hydrogens (tertiary/aromatic N) is 4. The van der Waals surface area contributed by atoms with Crippen LogP contribution in [0.4, 0.5) is 5.69 Å². The number of ether oxygens (including phenoxy) is 9. The minimum atomic E-state index is -1.47. The maximum atomic E-state index is 14.2. The Morgan fingerprint density at radius 3 is 2.36 bits per heavy atom. The highest BCUT2D eigenvalue weighted by Gasteiger charge is 2.54. The zero-order valence-corrected chi connectivity index (χ0v) is 45.8. The van der Waals surface area contributed by atoms with Crippen LogP contribution in [0.3, 0.4) is 0 Å². The molecule has 22 nitrogen and oxygen atoms in total. The quantitative estimate of drug-likeness (QED) is 0.0687. The molecule has 5 rings (SSSR count). The van der Waals surface area contributed by atoms with Gasteiger partial charge in [-0.05, 0) is 97.3 Å². The number of aliphatic hydroxyl groups excluding tert-OH is 2. The maximum absolute atomic E-state index is 14.2. The number of esters is 4. The van der Waals surface area contributed by atoms with Crippen molar-refractivity contribution < 1.29 is 81.7 Å². The van der Waals surface area contributed by atoms with Crippen LogP contribution >= 0.6 is 0 Å². The number of methoxy groups -OCH3 is 1. The number of nitro groups is 1. The summed E-state index contributed by atoms with van der Waals surface area (Å²) in [7, 11) is 6.70. The number of fused-ring (bicyclic) bond motifs is 1. The van der Waals surface area contributed by atoms with E-state index in [9.17, 15) is 44.3 Å². The number of hydrogen-bond donors (Lipinski definition) is 2. The number of carbonyl (C=O) groups excluding carboxylic acids is 5. The Morgan fingerprint density at radius 1 is 1.00 bits per heavy atom. The second kappa shape index (κ2) is 28.5. The number of benzene rings is 1. The van der Waals surface area contributed by atoms with E-state index in [1.807, 2.05) is 24.9 Å². The summed E-state index contributed by atoms with van der Waals surface area (Å²) in [4.78, 5) is 84.1. The van der Waals surface area contributed by atoms with Crippen LogP contribution in [0.1, 0.15) is 112 Å². The monoisotopic (exact) mass is 1070 g/mol. The smallest absolute Gasteiger partial charge is 0.309 e. The van der Waals surface area contributed by atoms with E-state index in [2.05, 4.69) is 4.98 Å². The lowest BCUT2D eigenvalue weighted by Crippen LogP contribution is -2.66. The summed E-state index contributed by atoms with van der Waals surface area (Å²) in [5, 5.41) is 36.1. The molecule has 76 heavy (non-hydrogen) atoms. The van der Waals surface area contributed by atoms with Crippen LogP contribution in [0.15, 0.2) is 36.5 Å². The molecule has 1 aromatic carbocycles. The third-order valence-electron chi connectivity index (χ3n) is 14.4. The van der Waals surface area contributed by atoms with Crippen molar-refractivity contribution in [2.24, 2.45) is 11.8 Å². The molecule has 0 bridgehead atoms. The molecule has 3 fully saturated rings. The van der Waals surface area contributed by atoms with Crippen LogP contribution in [0.2, 0.25) is 0 Å². The molecular formula is C54H80N4O18. The van der Waals surface area contributed by atoms with Gasteiger partial charge in [0.1, 0.15) is 36.8 Å². The van der Waals surface area contributed by atoms with Crippen molar-refractivity contribution >= 4 is 52.8 Å². The molecule has 5 unspecified atom stereocenters. The first-order chi connectivity index (χ1) is 36.0. The van der Waals surface area contributed by atoms with E-state index in [4.69, 9.17) is 42.6 Å². The van der Waals surface area contributed by atoms with Crippen LogP contribution in [0.5, 0.6) is 0 Å². The number of rotatable bonds is 17. The molecule has 2 N–H and O–H groups in total. The first kappa shape index (κ1) is 61.8. The SMILES string of the molecule is CCC(=O)O[C@@H]1CC(=O)O[C@@H](CC=Cc2cnc3ccc([N+](=O)[O-])cc3c2)CCCN(C)C[C@H](O)[C@H](C)C[C@H](CC=O)[C@H](O[C@@H]2OC(C)[C@@H](O[C@H]3CC(C)(OC(C)=O)[C@@H](OC(=O)CC)C(C)O3)C(N(C)C)C2O)[C@H]1OC. The van der Waals surface area contributed by atoms with Gasteiger partial charge in [-0.1, -0.05) is 32.9 Å². The zero-order valence-electron chi connectivity index (χ0n) is 45.8. The third-order valence-corrected chi connectivity index (χ3v) is 14.4. The Bertz CT molecular complexity index is 2300. The summed E-state index contributed by atoms with van der Waals surface area (Å²) in [6.07, 6.45) is -5.99. The topological polar surface area (TPSA) is 271 Å².